The normalized spacial score (nSPS) is 15.5. The molecule has 148 valence electrons. The van der Waals surface area contributed by atoms with E-state index in [-0.39, 0.29) is 11.9 Å². The van der Waals surface area contributed by atoms with Crippen LogP contribution in [0, 0.1) is 0 Å². The van der Waals surface area contributed by atoms with Crippen LogP contribution in [0.1, 0.15) is 40.4 Å². The summed E-state index contributed by atoms with van der Waals surface area (Å²) in [5.74, 6) is 0.920. The second-order valence-electron chi connectivity index (χ2n) is 7.31. The second kappa shape index (κ2) is 7.44. The van der Waals surface area contributed by atoms with Gasteiger partial charge in [-0.3, -0.25) is 4.90 Å². The third kappa shape index (κ3) is 3.31. The van der Waals surface area contributed by atoms with Crippen LogP contribution in [-0.2, 0) is 19.4 Å². The Morgan fingerprint density at radius 1 is 1.14 bits per heavy atom. The SMILES string of the molecule is CCc1nc2sc(C(c3ccc(Cl)cc3)N3CCc4ccccc4C3)c(O)n2n1. The average molecular weight is 425 g/mol. The fourth-order valence-electron chi connectivity index (χ4n) is 4.03. The van der Waals surface area contributed by atoms with Crippen LogP contribution in [0.15, 0.2) is 48.5 Å². The molecular weight excluding hydrogens is 404 g/mol. The first-order chi connectivity index (χ1) is 14.1. The van der Waals surface area contributed by atoms with Crippen LogP contribution in [0.5, 0.6) is 5.88 Å². The van der Waals surface area contributed by atoms with Crippen LogP contribution in [0.25, 0.3) is 4.96 Å². The lowest BCUT2D eigenvalue weighted by atomic mass is 9.96. The van der Waals surface area contributed by atoms with Crippen molar-refractivity contribution in [3.63, 3.8) is 0 Å². The summed E-state index contributed by atoms with van der Waals surface area (Å²) in [5.41, 5.74) is 3.84. The highest BCUT2D eigenvalue weighted by molar-refractivity contribution is 7.17. The average Bonchev–Trinajstić information content (AvgIpc) is 3.29. The number of thiazole rings is 1. The van der Waals surface area contributed by atoms with Crippen molar-refractivity contribution in [2.45, 2.75) is 32.4 Å². The van der Waals surface area contributed by atoms with Gasteiger partial charge in [0.25, 0.3) is 0 Å². The molecule has 2 aromatic heterocycles. The summed E-state index contributed by atoms with van der Waals surface area (Å²) < 4.78 is 1.57. The zero-order valence-electron chi connectivity index (χ0n) is 16.0. The fraction of sp³-hybridized carbons (Fsp3) is 0.273. The van der Waals surface area contributed by atoms with Gasteiger partial charge in [0.1, 0.15) is 0 Å². The number of nitrogens with zero attached hydrogens (tertiary/aromatic N) is 4. The number of fused-ring (bicyclic) bond motifs is 2. The number of aryl methyl sites for hydroxylation is 1. The van der Waals surface area contributed by atoms with E-state index in [2.05, 4.69) is 39.2 Å². The van der Waals surface area contributed by atoms with E-state index in [1.165, 1.54) is 22.5 Å². The van der Waals surface area contributed by atoms with Gasteiger partial charge in [0.2, 0.25) is 10.8 Å². The van der Waals surface area contributed by atoms with Crippen molar-refractivity contribution in [1.29, 1.82) is 0 Å². The minimum atomic E-state index is -0.0841. The molecule has 1 unspecified atom stereocenters. The number of rotatable bonds is 4. The molecule has 1 atom stereocenters. The van der Waals surface area contributed by atoms with Gasteiger partial charge in [-0.25, -0.2) is 4.98 Å². The predicted octanol–water partition coefficient (Wildman–Crippen LogP) is 4.86. The van der Waals surface area contributed by atoms with E-state index in [4.69, 9.17) is 11.6 Å². The lowest BCUT2D eigenvalue weighted by molar-refractivity contribution is 0.205. The molecule has 5 nitrogen and oxygen atoms in total. The minimum absolute atomic E-state index is 0.0841. The second-order valence-corrected chi connectivity index (χ2v) is 8.75. The number of hydrogen-bond acceptors (Lipinski definition) is 5. The Labute approximate surface area is 178 Å². The van der Waals surface area contributed by atoms with Crippen LogP contribution in [0.3, 0.4) is 0 Å². The van der Waals surface area contributed by atoms with Crippen LogP contribution in [0.2, 0.25) is 5.02 Å². The van der Waals surface area contributed by atoms with E-state index >= 15 is 0 Å². The fourth-order valence-corrected chi connectivity index (χ4v) is 5.29. The van der Waals surface area contributed by atoms with Crippen molar-refractivity contribution in [2.75, 3.05) is 6.54 Å². The van der Waals surface area contributed by atoms with Crippen LogP contribution < -0.4 is 0 Å². The third-order valence-corrected chi connectivity index (χ3v) is 6.84. The first-order valence-electron chi connectivity index (χ1n) is 9.77. The van der Waals surface area contributed by atoms with Crippen molar-refractivity contribution < 1.29 is 5.11 Å². The van der Waals surface area contributed by atoms with Gasteiger partial charge in [-0.05, 0) is 35.2 Å². The van der Waals surface area contributed by atoms with Crippen LogP contribution in [0.4, 0.5) is 0 Å². The Morgan fingerprint density at radius 2 is 1.90 bits per heavy atom. The standard InChI is InChI=1S/C22H21ClN4OS/c1-2-18-24-22-27(25-18)21(28)20(29-22)19(15-7-9-17(23)10-8-15)26-12-11-14-5-3-4-6-16(14)13-26/h3-10,19,28H,2,11-13H2,1H3. The van der Waals surface area contributed by atoms with E-state index in [1.807, 2.05) is 31.2 Å². The largest absolute Gasteiger partial charge is 0.492 e. The zero-order chi connectivity index (χ0) is 20.0. The number of halogens is 1. The van der Waals surface area contributed by atoms with E-state index in [0.717, 1.165) is 47.2 Å². The Hall–Kier alpha value is -2.41. The number of aromatic hydroxyl groups is 1. The summed E-state index contributed by atoms with van der Waals surface area (Å²) >= 11 is 7.65. The molecule has 3 heterocycles. The molecule has 0 spiro atoms. The number of benzene rings is 2. The van der Waals surface area contributed by atoms with Crippen molar-refractivity contribution in [3.05, 3.63) is 80.9 Å². The van der Waals surface area contributed by atoms with Crippen molar-refractivity contribution in [3.8, 4) is 5.88 Å². The molecule has 0 saturated heterocycles. The predicted molar refractivity (Wildman–Crippen MR) is 116 cm³/mol. The summed E-state index contributed by atoms with van der Waals surface area (Å²) in [4.78, 5) is 8.56. The number of hydrogen-bond donors (Lipinski definition) is 1. The summed E-state index contributed by atoms with van der Waals surface area (Å²) in [7, 11) is 0. The van der Waals surface area contributed by atoms with E-state index in [0.29, 0.717) is 5.02 Å². The van der Waals surface area contributed by atoms with E-state index in [1.54, 1.807) is 4.52 Å². The van der Waals surface area contributed by atoms with Gasteiger partial charge >= 0.3 is 0 Å². The highest BCUT2D eigenvalue weighted by atomic mass is 35.5. The van der Waals surface area contributed by atoms with Gasteiger partial charge in [0.05, 0.1) is 10.9 Å². The molecule has 29 heavy (non-hydrogen) atoms. The number of aromatic nitrogens is 3. The molecule has 0 radical (unpaired) electrons. The summed E-state index contributed by atoms with van der Waals surface area (Å²) in [6.45, 7) is 3.76. The maximum Gasteiger partial charge on any atom is 0.230 e. The lowest BCUT2D eigenvalue weighted by Gasteiger charge is -2.35. The molecule has 0 saturated carbocycles. The minimum Gasteiger partial charge on any atom is -0.492 e. The molecule has 1 N–H and O–H groups in total. The highest BCUT2D eigenvalue weighted by Gasteiger charge is 2.31. The highest BCUT2D eigenvalue weighted by Crippen LogP contribution is 2.41. The van der Waals surface area contributed by atoms with Gasteiger partial charge in [0, 0.05) is 24.5 Å². The quantitative estimate of drug-likeness (QED) is 0.508. The molecule has 7 heteroatoms. The van der Waals surface area contributed by atoms with E-state index < -0.39 is 0 Å². The van der Waals surface area contributed by atoms with E-state index in [9.17, 15) is 5.11 Å². The van der Waals surface area contributed by atoms with Crippen molar-refractivity contribution >= 4 is 27.9 Å². The van der Waals surface area contributed by atoms with Gasteiger partial charge in [-0.2, -0.15) is 4.52 Å². The molecule has 0 fully saturated rings. The Kier molecular flexibility index (Phi) is 4.78. The lowest BCUT2D eigenvalue weighted by Crippen LogP contribution is -2.34. The first kappa shape index (κ1) is 18.6. The Balaban J connectivity index is 1.61. The Morgan fingerprint density at radius 3 is 2.62 bits per heavy atom. The van der Waals surface area contributed by atoms with Gasteiger partial charge in [0.15, 0.2) is 5.82 Å². The molecular formula is C22H21ClN4OS. The van der Waals surface area contributed by atoms with Gasteiger partial charge in [-0.1, -0.05) is 66.3 Å². The molecule has 1 aliphatic rings. The Bertz CT molecular complexity index is 1170. The molecule has 0 bridgehead atoms. The smallest absolute Gasteiger partial charge is 0.230 e. The molecule has 0 aliphatic carbocycles. The van der Waals surface area contributed by atoms with Crippen molar-refractivity contribution in [1.82, 2.24) is 19.5 Å². The molecule has 0 amide bonds. The van der Waals surface area contributed by atoms with Gasteiger partial charge < -0.3 is 5.11 Å². The molecule has 5 rings (SSSR count). The maximum atomic E-state index is 11.0. The van der Waals surface area contributed by atoms with Crippen molar-refractivity contribution in [2.24, 2.45) is 0 Å². The zero-order valence-corrected chi connectivity index (χ0v) is 17.6. The van der Waals surface area contributed by atoms with Gasteiger partial charge in [-0.15, -0.1) is 5.10 Å². The summed E-state index contributed by atoms with van der Waals surface area (Å²) in [6.07, 6.45) is 1.73. The maximum absolute atomic E-state index is 11.0. The molecule has 1 aliphatic heterocycles. The summed E-state index contributed by atoms with van der Waals surface area (Å²) in [6, 6.07) is 16.4. The third-order valence-electron chi connectivity index (χ3n) is 5.52. The summed E-state index contributed by atoms with van der Waals surface area (Å²) in [5, 5.41) is 16.2. The topological polar surface area (TPSA) is 53.7 Å². The first-order valence-corrected chi connectivity index (χ1v) is 11.0. The van der Waals surface area contributed by atoms with Crippen LogP contribution >= 0.6 is 22.9 Å². The monoisotopic (exact) mass is 424 g/mol. The van der Waals surface area contributed by atoms with Crippen LogP contribution in [-0.4, -0.2) is 31.1 Å². The molecule has 2 aromatic carbocycles. The molecule has 4 aromatic rings.